The molecule has 0 aromatic heterocycles. The molecule has 0 amide bonds. The van der Waals surface area contributed by atoms with Crippen molar-refractivity contribution in [2.75, 3.05) is 11.4 Å². The second-order valence-corrected chi connectivity index (χ2v) is 5.42. The molecule has 1 aromatic carbocycles. The predicted molar refractivity (Wildman–Crippen MR) is 70.8 cm³/mol. The van der Waals surface area contributed by atoms with Crippen LogP contribution in [0.15, 0.2) is 22.7 Å². The Bertz CT molecular complexity index is 378. The van der Waals surface area contributed by atoms with Gasteiger partial charge in [0.1, 0.15) is 0 Å². The first-order chi connectivity index (χ1) is 7.59. The number of anilines is 1. The maximum absolute atomic E-state index is 9.57. The average molecular weight is 284 g/mol. The van der Waals surface area contributed by atoms with Gasteiger partial charge in [-0.1, -0.05) is 22.0 Å². The van der Waals surface area contributed by atoms with Crippen LogP contribution in [0.3, 0.4) is 0 Å². The molecule has 1 aliphatic rings. The Morgan fingerprint density at radius 1 is 1.50 bits per heavy atom. The highest BCUT2D eigenvalue weighted by atomic mass is 79.9. The van der Waals surface area contributed by atoms with Gasteiger partial charge in [0.25, 0.3) is 0 Å². The van der Waals surface area contributed by atoms with E-state index in [1.54, 1.807) is 6.92 Å². The van der Waals surface area contributed by atoms with Crippen LogP contribution in [0.1, 0.15) is 38.4 Å². The van der Waals surface area contributed by atoms with Crippen molar-refractivity contribution in [1.82, 2.24) is 0 Å². The second-order valence-electron chi connectivity index (χ2n) is 4.57. The average Bonchev–Trinajstić information content (AvgIpc) is 2.63. The predicted octanol–water partition coefficient (Wildman–Crippen LogP) is 3.49. The monoisotopic (exact) mass is 283 g/mol. The highest BCUT2D eigenvalue weighted by Gasteiger charge is 2.21. The van der Waals surface area contributed by atoms with Gasteiger partial charge in [-0.15, -0.1) is 0 Å². The summed E-state index contributed by atoms with van der Waals surface area (Å²) in [4.78, 5) is 2.43. The van der Waals surface area contributed by atoms with Gasteiger partial charge in [-0.2, -0.15) is 0 Å². The van der Waals surface area contributed by atoms with Crippen LogP contribution in [0.4, 0.5) is 5.69 Å². The van der Waals surface area contributed by atoms with Crippen molar-refractivity contribution in [2.45, 2.75) is 38.8 Å². The zero-order valence-corrected chi connectivity index (χ0v) is 11.4. The van der Waals surface area contributed by atoms with E-state index >= 15 is 0 Å². The maximum Gasteiger partial charge on any atom is 0.0772 e. The van der Waals surface area contributed by atoms with Gasteiger partial charge in [-0.25, -0.2) is 0 Å². The number of aliphatic hydroxyl groups is 1. The molecule has 0 saturated carbocycles. The summed E-state index contributed by atoms with van der Waals surface area (Å²) in [6, 6.07) is 6.86. The van der Waals surface area contributed by atoms with Crippen LogP contribution in [-0.2, 0) is 0 Å². The summed E-state index contributed by atoms with van der Waals surface area (Å²) in [5.41, 5.74) is 2.21. The smallest absolute Gasteiger partial charge is 0.0772 e. The summed E-state index contributed by atoms with van der Waals surface area (Å²) in [5, 5.41) is 9.57. The van der Waals surface area contributed by atoms with Crippen molar-refractivity contribution >= 4 is 21.6 Å². The second kappa shape index (κ2) is 4.76. The van der Waals surface area contributed by atoms with Crippen LogP contribution in [0, 0.1) is 0 Å². The normalized spacial score (nSPS) is 22.5. The Kier molecular flexibility index (Phi) is 3.55. The van der Waals surface area contributed by atoms with Crippen LogP contribution in [0.5, 0.6) is 0 Å². The number of nitrogens with zero attached hydrogens (tertiary/aromatic N) is 1. The van der Waals surface area contributed by atoms with Gasteiger partial charge in [0.05, 0.1) is 6.10 Å². The van der Waals surface area contributed by atoms with Gasteiger partial charge in [0, 0.05) is 22.7 Å². The van der Waals surface area contributed by atoms with Gasteiger partial charge in [0.2, 0.25) is 0 Å². The van der Waals surface area contributed by atoms with Gasteiger partial charge in [-0.05, 0) is 44.4 Å². The Balaban J connectivity index is 2.27. The summed E-state index contributed by atoms with van der Waals surface area (Å²) in [5.74, 6) is 0. The topological polar surface area (TPSA) is 23.5 Å². The molecular formula is C13H18BrNO. The van der Waals surface area contributed by atoms with Crippen molar-refractivity contribution in [1.29, 1.82) is 0 Å². The first-order valence-corrected chi connectivity index (χ1v) is 6.63. The molecule has 1 aliphatic heterocycles. The van der Waals surface area contributed by atoms with Crippen molar-refractivity contribution in [3.05, 3.63) is 28.2 Å². The first kappa shape index (κ1) is 11.9. The van der Waals surface area contributed by atoms with E-state index < -0.39 is 6.10 Å². The summed E-state index contributed by atoms with van der Waals surface area (Å²) < 4.78 is 0.999. The highest BCUT2D eigenvalue weighted by Crippen LogP contribution is 2.31. The Morgan fingerprint density at radius 3 is 2.75 bits per heavy atom. The highest BCUT2D eigenvalue weighted by molar-refractivity contribution is 9.10. The zero-order valence-electron chi connectivity index (χ0n) is 9.78. The Hall–Kier alpha value is -0.540. The SMILES string of the molecule is CC1CCCN1c1ccc([C@@H](C)O)c(Br)c1. The van der Waals surface area contributed by atoms with E-state index in [1.807, 2.05) is 6.07 Å². The fraction of sp³-hybridized carbons (Fsp3) is 0.538. The molecule has 1 heterocycles. The molecule has 2 rings (SSSR count). The molecule has 3 heteroatoms. The molecule has 0 bridgehead atoms. The van der Waals surface area contributed by atoms with Gasteiger partial charge in [0.15, 0.2) is 0 Å². The lowest BCUT2D eigenvalue weighted by Gasteiger charge is -2.24. The maximum atomic E-state index is 9.57. The minimum Gasteiger partial charge on any atom is -0.389 e. The van der Waals surface area contributed by atoms with Gasteiger partial charge >= 0.3 is 0 Å². The van der Waals surface area contributed by atoms with E-state index in [0.29, 0.717) is 6.04 Å². The molecule has 1 unspecified atom stereocenters. The van der Waals surface area contributed by atoms with Crippen LogP contribution in [-0.4, -0.2) is 17.7 Å². The molecule has 1 fully saturated rings. The fourth-order valence-electron chi connectivity index (χ4n) is 2.35. The third-order valence-electron chi connectivity index (χ3n) is 3.32. The quantitative estimate of drug-likeness (QED) is 0.898. The van der Waals surface area contributed by atoms with Crippen molar-refractivity contribution < 1.29 is 5.11 Å². The minimum atomic E-state index is -0.417. The zero-order chi connectivity index (χ0) is 11.7. The van der Waals surface area contributed by atoms with E-state index in [-0.39, 0.29) is 0 Å². The molecule has 0 aliphatic carbocycles. The standard InChI is InChI=1S/C13H18BrNO/c1-9-4-3-7-15(9)11-5-6-12(10(2)16)13(14)8-11/h5-6,8-10,16H,3-4,7H2,1-2H3/t9?,10-/m1/s1. The van der Waals surface area contributed by atoms with Gasteiger partial charge in [-0.3, -0.25) is 0 Å². The van der Waals surface area contributed by atoms with E-state index in [0.717, 1.165) is 16.6 Å². The number of hydrogen-bond donors (Lipinski definition) is 1. The molecule has 1 saturated heterocycles. The molecule has 2 nitrogen and oxygen atoms in total. The van der Waals surface area contributed by atoms with Crippen molar-refractivity contribution in [3.8, 4) is 0 Å². The minimum absolute atomic E-state index is 0.417. The first-order valence-electron chi connectivity index (χ1n) is 5.83. The summed E-state index contributed by atoms with van der Waals surface area (Å²) in [6.45, 7) is 5.20. The number of benzene rings is 1. The Labute approximate surface area is 105 Å². The van der Waals surface area contributed by atoms with E-state index in [2.05, 4.69) is 39.9 Å². The molecule has 16 heavy (non-hydrogen) atoms. The molecule has 2 atom stereocenters. The molecule has 1 N–H and O–H groups in total. The third kappa shape index (κ3) is 2.25. The van der Waals surface area contributed by atoms with E-state index in [9.17, 15) is 5.11 Å². The van der Waals surface area contributed by atoms with Gasteiger partial charge < -0.3 is 10.0 Å². The summed E-state index contributed by atoms with van der Waals surface area (Å²) in [6.07, 6.45) is 2.13. The number of halogens is 1. The lowest BCUT2D eigenvalue weighted by Crippen LogP contribution is -2.26. The molecule has 0 spiro atoms. The number of hydrogen-bond acceptors (Lipinski definition) is 2. The Morgan fingerprint density at radius 2 is 2.25 bits per heavy atom. The summed E-state index contributed by atoms with van der Waals surface area (Å²) in [7, 11) is 0. The molecule has 1 aromatic rings. The fourth-order valence-corrected chi connectivity index (χ4v) is 3.05. The van der Waals surface area contributed by atoms with Crippen LogP contribution < -0.4 is 4.90 Å². The number of rotatable bonds is 2. The third-order valence-corrected chi connectivity index (χ3v) is 4.01. The van der Waals surface area contributed by atoms with Crippen molar-refractivity contribution in [3.63, 3.8) is 0 Å². The molecule has 88 valence electrons. The van der Waals surface area contributed by atoms with Crippen LogP contribution >= 0.6 is 15.9 Å². The molecular weight excluding hydrogens is 266 g/mol. The summed E-state index contributed by atoms with van der Waals surface area (Å²) >= 11 is 3.53. The number of aliphatic hydroxyl groups excluding tert-OH is 1. The van der Waals surface area contributed by atoms with E-state index in [4.69, 9.17) is 0 Å². The van der Waals surface area contributed by atoms with Crippen molar-refractivity contribution in [2.24, 2.45) is 0 Å². The molecule has 0 radical (unpaired) electrons. The van der Waals surface area contributed by atoms with Crippen LogP contribution in [0.2, 0.25) is 0 Å². The van der Waals surface area contributed by atoms with Crippen LogP contribution in [0.25, 0.3) is 0 Å². The largest absolute Gasteiger partial charge is 0.389 e. The lowest BCUT2D eigenvalue weighted by molar-refractivity contribution is 0.198. The van der Waals surface area contributed by atoms with E-state index in [1.165, 1.54) is 18.5 Å². The lowest BCUT2D eigenvalue weighted by atomic mass is 10.1.